The fourth-order valence-corrected chi connectivity index (χ4v) is 5.14. The molecule has 1 aromatic rings. The lowest BCUT2D eigenvalue weighted by atomic mass is 9.49. The average molecular weight is 261 g/mol. The van der Waals surface area contributed by atoms with Gasteiger partial charge in [-0.1, -0.05) is 0 Å². The molecule has 0 radical (unpaired) electrons. The maximum atomic E-state index is 12.4. The molecule has 6 nitrogen and oxygen atoms in total. The SMILES string of the molecule is Nc1nnc(C23CC4CC(CC(C4)C2)C3)c(=O)n1N. The van der Waals surface area contributed by atoms with Crippen molar-refractivity contribution in [3.05, 3.63) is 16.0 Å². The lowest BCUT2D eigenvalue weighted by Crippen LogP contribution is -2.52. The quantitative estimate of drug-likeness (QED) is 0.713. The first-order chi connectivity index (χ1) is 9.07. The summed E-state index contributed by atoms with van der Waals surface area (Å²) in [4.78, 5) is 12.4. The largest absolute Gasteiger partial charge is 0.366 e. The molecule has 19 heavy (non-hydrogen) atoms. The summed E-state index contributed by atoms with van der Waals surface area (Å²) in [6, 6.07) is 0. The Morgan fingerprint density at radius 1 is 1.05 bits per heavy atom. The zero-order valence-corrected chi connectivity index (χ0v) is 10.9. The molecule has 6 heteroatoms. The van der Waals surface area contributed by atoms with Crippen molar-refractivity contribution >= 4 is 5.95 Å². The fraction of sp³-hybridized carbons (Fsp3) is 0.769. The van der Waals surface area contributed by atoms with Gasteiger partial charge in [-0.2, -0.15) is 4.68 Å². The molecule has 0 unspecified atom stereocenters. The highest BCUT2D eigenvalue weighted by molar-refractivity contribution is 5.24. The fourth-order valence-electron chi connectivity index (χ4n) is 5.14. The van der Waals surface area contributed by atoms with Gasteiger partial charge in [-0.15, -0.1) is 10.2 Å². The minimum atomic E-state index is -0.255. The van der Waals surface area contributed by atoms with Crippen LogP contribution >= 0.6 is 0 Å². The maximum absolute atomic E-state index is 12.4. The maximum Gasteiger partial charge on any atom is 0.295 e. The Balaban J connectivity index is 1.84. The van der Waals surface area contributed by atoms with Gasteiger partial charge in [-0.25, -0.2) is 0 Å². The Morgan fingerprint density at radius 3 is 2.11 bits per heavy atom. The molecule has 4 aliphatic rings. The highest BCUT2D eigenvalue weighted by Gasteiger charge is 2.53. The smallest absolute Gasteiger partial charge is 0.295 e. The van der Waals surface area contributed by atoms with E-state index in [0.717, 1.165) is 41.7 Å². The molecule has 1 aromatic heterocycles. The van der Waals surface area contributed by atoms with Crippen LogP contribution in [0.3, 0.4) is 0 Å². The molecular weight excluding hydrogens is 242 g/mol. The summed E-state index contributed by atoms with van der Waals surface area (Å²) >= 11 is 0. The van der Waals surface area contributed by atoms with E-state index in [1.54, 1.807) is 0 Å². The van der Waals surface area contributed by atoms with E-state index < -0.39 is 0 Å². The van der Waals surface area contributed by atoms with E-state index in [4.69, 9.17) is 11.6 Å². The van der Waals surface area contributed by atoms with E-state index in [-0.39, 0.29) is 16.9 Å². The Kier molecular flexibility index (Phi) is 2.07. The van der Waals surface area contributed by atoms with Gasteiger partial charge < -0.3 is 11.6 Å². The van der Waals surface area contributed by atoms with Gasteiger partial charge >= 0.3 is 0 Å². The standard InChI is InChI=1S/C13H19N5O/c14-12-17-16-10(11(19)18(12)15)13-4-7-1-8(5-13)3-9(2-7)6-13/h7-9H,1-6,15H2,(H2,14,17). The highest BCUT2D eigenvalue weighted by Crippen LogP contribution is 2.59. The van der Waals surface area contributed by atoms with E-state index in [2.05, 4.69) is 10.2 Å². The molecule has 4 N–H and O–H groups in total. The van der Waals surface area contributed by atoms with Crippen LogP contribution in [0.25, 0.3) is 0 Å². The number of aromatic nitrogens is 3. The second-order valence-corrected chi connectivity index (χ2v) is 6.78. The lowest BCUT2D eigenvalue weighted by molar-refractivity contribution is -0.00848. The number of nitrogens with zero attached hydrogens (tertiary/aromatic N) is 3. The van der Waals surface area contributed by atoms with Gasteiger partial charge in [0.15, 0.2) is 0 Å². The minimum Gasteiger partial charge on any atom is -0.366 e. The van der Waals surface area contributed by atoms with Crippen LogP contribution in [0.15, 0.2) is 4.79 Å². The van der Waals surface area contributed by atoms with Crippen LogP contribution in [-0.4, -0.2) is 14.9 Å². The molecular formula is C13H19N5O. The third-order valence-electron chi connectivity index (χ3n) is 5.46. The highest BCUT2D eigenvalue weighted by atomic mass is 16.1. The molecule has 0 aliphatic heterocycles. The monoisotopic (exact) mass is 261 g/mol. The van der Waals surface area contributed by atoms with E-state index in [9.17, 15) is 4.79 Å². The van der Waals surface area contributed by atoms with Gasteiger partial charge in [0.25, 0.3) is 5.56 Å². The summed E-state index contributed by atoms with van der Waals surface area (Å²) in [6.07, 6.45) is 7.22. The first-order valence-corrected chi connectivity index (χ1v) is 7.08. The summed E-state index contributed by atoms with van der Waals surface area (Å²) in [7, 11) is 0. The summed E-state index contributed by atoms with van der Waals surface area (Å²) in [5.74, 6) is 7.94. The van der Waals surface area contributed by atoms with Gasteiger partial charge in [0.2, 0.25) is 5.95 Å². The van der Waals surface area contributed by atoms with Crippen molar-refractivity contribution in [2.75, 3.05) is 11.6 Å². The van der Waals surface area contributed by atoms with Crippen molar-refractivity contribution in [1.29, 1.82) is 0 Å². The van der Waals surface area contributed by atoms with Crippen LogP contribution in [0, 0.1) is 17.8 Å². The van der Waals surface area contributed by atoms with Gasteiger partial charge in [0.1, 0.15) is 5.69 Å². The normalized spacial score (nSPS) is 39.7. The van der Waals surface area contributed by atoms with Crippen molar-refractivity contribution in [2.24, 2.45) is 17.8 Å². The molecule has 5 rings (SSSR count). The molecule has 4 bridgehead atoms. The minimum absolute atomic E-state index is 0.0153. The Labute approximate surface area is 111 Å². The van der Waals surface area contributed by atoms with Crippen molar-refractivity contribution in [2.45, 2.75) is 43.9 Å². The molecule has 102 valence electrons. The predicted octanol–water partition coefficient (Wildman–Crippen LogP) is 0.402. The number of hydrogen-bond acceptors (Lipinski definition) is 5. The van der Waals surface area contributed by atoms with E-state index in [1.807, 2.05) is 0 Å². The van der Waals surface area contributed by atoms with E-state index in [1.165, 1.54) is 19.3 Å². The number of hydrogen-bond donors (Lipinski definition) is 2. The van der Waals surface area contributed by atoms with Crippen molar-refractivity contribution in [3.63, 3.8) is 0 Å². The third kappa shape index (κ3) is 1.45. The topological polar surface area (TPSA) is 99.8 Å². The van der Waals surface area contributed by atoms with Gasteiger partial charge in [-0.05, 0) is 56.3 Å². The van der Waals surface area contributed by atoms with Crippen LogP contribution in [0.4, 0.5) is 5.95 Å². The predicted molar refractivity (Wildman–Crippen MR) is 70.7 cm³/mol. The van der Waals surface area contributed by atoms with Crippen LogP contribution in [-0.2, 0) is 5.41 Å². The summed E-state index contributed by atoms with van der Waals surface area (Å²) in [5, 5.41) is 8.00. The third-order valence-corrected chi connectivity index (χ3v) is 5.46. The summed E-state index contributed by atoms with van der Waals surface area (Å²) in [5.41, 5.74) is 5.77. The molecule has 4 fully saturated rings. The Bertz CT molecular complexity index is 558. The molecule has 0 amide bonds. The number of nitrogen functional groups attached to an aromatic ring is 2. The molecule has 4 saturated carbocycles. The van der Waals surface area contributed by atoms with Crippen LogP contribution < -0.4 is 17.1 Å². The Morgan fingerprint density at radius 2 is 1.58 bits per heavy atom. The molecule has 0 aromatic carbocycles. The Hall–Kier alpha value is -1.59. The number of nitrogens with two attached hydrogens (primary N) is 2. The second kappa shape index (κ2) is 3.49. The molecule has 0 saturated heterocycles. The van der Waals surface area contributed by atoms with Crippen LogP contribution in [0.5, 0.6) is 0 Å². The van der Waals surface area contributed by atoms with Crippen molar-refractivity contribution in [3.8, 4) is 0 Å². The average Bonchev–Trinajstić information content (AvgIpc) is 2.34. The first-order valence-electron chi connectivity index (χ1n) is 7.08. The zero-order valence-electron chi connectivity index (χ0n) is 10.9. The number of rotatable bonds is 1. The van der Waals surface area contributed by atoms with Gasteiger partial charge in [0.05, 0.1) is 0 Å². The van der Waals surface area contributed by atoms with E-state index >= 15 is 0 Å². The molecule has 1 heterocycles. The molecule has 0 spiro atoms. The number of anilines is 1. The first kappa shape index (κ1) is 11.3. The van der Waals surface area contributed by atoms with Crippen molar-refractivity contribution in [1.82, 2.24) is 14.9 Å². The second-order valence-electron chi connectivity index (χ2n) is 6.78. The molecule has 0 atom stereocenters. The summed E-state index contributed by atoms with van der Waals surface area (Å²) < 4.78 is 0.945. The zero-order chi connectivity index (χ0) is 13.2. The molecule has 4 aliphatic carbocycles. The van der Waals surface area contributed by atoms with Crippen LogP contribution in [0.2, 0.25) is 0 Å². The van der Waals surface area contributed by atoms with E-state index in [0.29, 0.717) is 5.69 Å². The summed E-state index contributed by atoms with van der Waals surface area (Å²) in [6.45, 7) is 0. The van der Waals surface area contributed by atoms with Crippen molar-refractivity contribution < 1.29 is 0 Å². The van der Waals surface area contributed by atoms with Gasteiger partial charge in [0, 0.05) is 5.41 Å². The van der Waals surface area contributed by atoms with Gasteiger partial charge in [-0.3, -0.25) is 4.79 Å². The lowest BCUT2D eigenvalue weighted by Gasteiger charge is -2.56. The van der Waals surface area contributed by atoms with Crippen LogP contribution in [0.1, 0.15) is 44.2 Å².